The summed E-state index contributed by atoms with van der Waals surface area (Å²) < 4.78 is 0. The summed E-state index contributed by atoms with van der Waals surface area (Å²) in [6.45, 7) is 2.23. The summed E-state index contributed by atoms with van der Waals surface area (Å²) in [5.74, 6) is 1.89. The van der Waals surface area contributed by atoms with E-state index in [0.29, 0.717) is 5.88 Å². The van der Waals surface area contributed by atoms with E-state index in [4.69, 9.17) is 11.6 Å². The molecule has 1 atom stereocenters. The quantitative estimate of drug-likeness (QED) is 0.670. The van der Waals surface area contributed by atoms with Crippen molar-refractivity contribution in [3.63, 3.8) is 0 Å². The SMILES string of the molecule is CCC(CCl)(CCSC)c1ccccc1. The van der Waals surface area contributed by atoms with Crippen LogP contribution in [0.15, 0.2) is 30.3 Å². The van der Waals surface area contributed by atoms with Gasteiger partial charge in [-0.3, -0.25) is 0 Å². The van der Waals surface area contributed by atoms with Gasteiger partial charge >= 0.3 is 0 Å². The van der Waals surface area contributed by atoms with Gasteiger partial charge in [0.1, 0.15) is 0 Å². The van der Waals surface area contributed by atoms with Gasteiger partial charge in [-0.05, 0) is 30.4 Å². The van der Waals surface area contributed by atoms with E-state index in [9.17, 15) is 0 Å². The Kier molecular flexibility index (Phi) is 5.55. The Bertz CT molecular complexity index is 267. The molecule has 0 N–H and O–H groups in total. The summed E-state index contributed by atoms with van der Waals surface area (Å²) >= 11 is 8.08. The molecule has 1 unspecified atom stereocenters. The van der Waals surface area contributed by atoms with Crippen molar-refractivity contribution in [1.29, 1.82) is 0 Å². The minimum atomic E-state index is 0.172. The maximum Gasteiger partial charge on any atom is 0.0320 e. The van der Waals surface area contributed by atoms with Crippen LogP contribution in [-0.4, -0.2) is 17.9 Å². The number of rotatable bonds is 6. The summed E-state index contributed by atoms with van der Waals surface area (Å²) in [6, 6.07) is 10.7. The maximum atomic E-state index is 6.19. The normalized spacial score (nSPS) is 14.9. The Balaban J connectivity index is 2.89. The van der Waals surface area contributed by atoms with Gasteiger partial charge in [0.15, 0.2) is 0 Å². The highest BCUT2D eigenvalue weighted by atomic mass is 35.5. The third-order valence-electron chi connectivity index (χ3n) is 3.10. The first-order valence-electron chi connectivity index (χ1n) is 5.39. The molecule has 0 saturated heterocycles. The summed E-state index contributed by atoms with van der Waals surface area (Å²) in [6.07, 6.45) is 4.43. The standard InChI is InChI=1S/C13H19ClS/c1-3-13(11-14,9-10-15-2)12-7-5-4-6-8-12/h4-8H,3,9-11H2,1-2H3. The molecule has 0 aliphatic carbocycles. The van der Waals surface area contributed by atoms with Crippen molar-refractivity contribution in [2.75, 3.05) is 17.9 Å². The fourth-order valence-electron chi connectivity index (χ4n) is 1.85. The van der Waals surface area contributed by atoms with Crippen LogP contribution < -0.4 is 0 Å². The molecule has 0 bridgehead atoms. The zero-order valence-corrected chi connectivity index (χ0v) is 11.1. The topological polar surface area (TPSA) is 0 Å². The van der Waals surface area contributed by atoms with Crippen molar-refractivity contribution in [3.8, 4) is 0 Å². The van der Waals surface area contributed by atoms with E-state index in [1.54, 1.807) is 0 Å². The molecule has 1 rings (SSSR count). The molecule has 2 heteroatoms. The smallest absolute Gasteiger partial charge is 0.0320 e. The third kappa shape index (κ3) is 3.15. The summed E-state index contributed by atoms with van der Waals surface area (Å²) in [7, 11) is 0. The number of halogens is 1. The van der Waals surface area contributed by atoms with Gasteiger partial charge in [0.25, 0.3) is 0 Å². The lowest BCUT2D eigenvalue weighted by atomic mass is 9.77. The maximum absolute atomic E-state index is 6.19. The molecule has 0 nitrogen and oxygen atoms in total. The molecule has 0 aliphatic rings. The second-order valence-corrected chi connectivity index (χ2v) is 5.13. The molecule has 0 aliphatic heterocycles. The Hall–Kier alpha value is -0.140. The molecular formula is C13H19ClS. The lowest BCUT2D eigenvalue weighted by molar-refractivity contribution is 0.449. The third-order valence-corrected chi connectivity index (χ3v) is 4.23. The molecule has 15 heavy (non-hydrogen) atoms. The van der Waals surface area contributed by atoms with E-state index in [1.165, 1.54) is 11.3 Å². The van der Waals surface area contributed by atoms with Gasteiger partial charge in [0.05, 0.1) is 0 Å². The van der Waals surface area contributed by atoms with E-state index in [-0.39, 0.29) is 5.41 Å². The van der Waals surface area contributed by atoms with Crippen LogP contribution in [0.4, 0.5) is 0 Å². The molecule has 0 aromatic heterocycles. The molecule has 1 aromatic rings. The highest BCUT2D eigenvalue weighted by Crippen LogP contribution is 2.33. The molecule has 0 amide bonds. The lowest BCUT2D eigenvalue weighted by Gasteiger charge is -2.31. The molecule has 1 aromatic carbocycles. The van der Waals surface area contributed by atoms with Crippen LogP contribution >= 0.6 is 23.4 Å². The molecule has 0 radical (unpaired) electrons. The Morgan fingerprint density at radius 3 is 2.40 bits per heavy atom. The highest BCUT2D eigenvalue weighted by Gasteiger charge is 2.28. The van der Waals surface area contributed by atoms with Gasteiger partial charge in [-0.25, -0.2) is 0 Å². The van der Waals surface area contributed by atoms with E-state index in [1.807, 2.05) is 11.8 Å². The first-order chi connectivity index (χ1) is 7.29. The van der Waals surface area contributed by atoms with Gasteiger partial charge in [-0.1, -0.05) is 37.3 Å². The van der Waals surface area contributed by atoms with E-state index in [2.05, 4.69) is 43.5 Å². The van der Waals surface area contributed by atoms with Crippen LogP contribution in [0.5, 0.6) is 0 Å². The molecule has 0 fully saturated rings. The summed E-state index contributed by atoms with van der Waals surface area (Å²) in [5, 5.41) is 0. The number of hydrogen-bond donors (Lipinski definition) is 0. The van der Waals surface area contributed by atoms with E-state index in [0.717, 1.165) is 12.8 Å². The van der Waals surface area contributed by atoms with Crippen molar-refractivity contribution in [3.05, 3.63) is 35.9 Å². The minimum absolute atomic E-state index is 0.172. The molecule has 0 saturated carbocycles. The largest absolute Gasteiger partial charge is 0.165 e. The number of alkyl halides is 1. The molecule has 0 spiro atoms. The average molecular weight is 243 g/mol. The Morgan fingerprint density at radius 2 is 1.93 bits per heavy atom. The van der Waals surface area contributed by atoms with E-state index < -0.39 is 0 Å². The average Bonchev–Trinajstić information content (AvgIpc) is 2.33. The molecule has 84 valence electrons. The minimum Gasteiger partial charge on any atom is -0.165 e. The molecule has 0 heterocycles. The van der Waals surface area contributed by atoms with Crippen LogP contribution in [0.3, 0.4) is 0 Å². The first kappa shape index (κ1) is 12.9. The van der Waals surface area contributed by atoms with Crippen LogP contribution in [0.2, 0.25) is 0 Å². The predicted octanol–water partition coefficient (Wildman–Crippen LogP) is 4.33. The molecular weight excluding hydrogens is 224 g/mol. The van der Waals surface area contributed by atoms with Crippen LogP contribution in [0.25, 0.3) is 0 Å². The van der Waals surface area contributed by atoms with Crippen molar-refractivity contribution < 1.29 is 0 Å². The van der Waals surface area contributed by atoms with Crippen molar-refractivity contribution >= 4 is 23.4 Å². The number of hydrogen-bond acceptors (Lipinski definition) is 1. The lowest BCUT2D eigenvalue weighted by Crippen LogP contribution is -2.28. The first-order valence-corrected chi connectivity index (χ1v) is 7.32. The van der Waals surface area contributed by atoms with Gasteiger partial charge in [0, 0.05) is 11.3 Å². The highest BCUT2D eigenvalue weighted by molar-refractivity contribution is 7.98. The fourth-order valence-corrected chi connectivity index (χ4v) is 2.92. The van der Waals surface area contributed by atoms with Crippen molar-refractivity contribution in [2.45, 2.75) is 25.2 Å². The zero-order chi connectivity index (χ0) is 11.1. The van der Waals surface area contributed by atoms with Gasteiger partial charge < -0.3 is 0 Å². The van der Waals surface area contributed by atoms with Crippen molar-refractivity contribution in [2.24, 2.45) is 0 Å². The van der Waals surface area contributed by atoms with Crippen LogP contribution in [0.1, 0.15) is 25.3 Å². The number of benzene rings is 1. The summed E-state index contributed by atoms with van der Waals surface area (Å²) in [4.78, 5) is 0. The van der Waals surface area contributed by atoms with Crippen molar-refractivity contribution in [1.82, 2.24) is 0 Å². The Morgan fingerprint density at radius 1 is 1.27 bits per heavy atom. The Labute approximate surface area is 102 Å². The second-order valence-electron chi connectivity index (χ2n) is 3.88. The van der Waals surface area contributed by atoms with Crippen LogP contribution in [0, 0.1) is 0 Å². The van der Waals surface area contributed by atoms with Gasteiger partial charge in [-0.15, -0.1) is 11.6 Å². The fraction of sp³-hybridized carbons (Fsp3) is 0.538. The van der Waals surface area contributed by atoms with Crippen LogP contribution in [-0.2, 0) is 5.41 Å². The summed E-state index contributed by atoms with van der Waals surface area (Å²) in [5.41, 5.74) is 1.56. The van der Waals surface area contributed by atoms with Gasteiger partial charge in [0.2, 0.25) is 0 Å². The number of thioether (sulfide) groups is 1. The van der Waals surface area contributed by atoms with E-state index >= 15 is 0 Å². The predicted molar refractivity (Wildman–Crippen MR) is 72.1 cm³/mol. The van der Waals surface area contributed by atoms with Gasteiger partial charge in [-0.2, -0.15) is 11.8 Å². The zero-order valence-electron chi connectivity index (χ0n) is 9.50. The monoisotopic (exact) mass is 242 g/mol. The second kappa shape index (κ2) is 6.44.